The average molecular weight is 518 g/mol. The van der Waals surface area contributed by atoms with Crippen molar-refractivity contribution in [1.82, 2.24) is 9.97 Å². The summed E-state index contributed by atoms with van der Waals surface area (Å²) < 4.78 is 11.3. The monoisotopic (exact) mass is 516 g/mol. The van der Waals surface area contributed by atoms with Gasteiger partial charge in [0.15, 0.2) is 11.2 Å². The summed E-state index contributed by atoms with van der Waals surface area (Å²) in [6.45, 7) is 0. The average Bonchev–Trinajstić information content (AvgIpc) is 3.44. The van der Waals surface area contributed by atoms with Gasteiger partial charge in [-0.15, -0.1) is 0 Å². The van der Waals surface area contributed by atoms with Gasteiger partial charge in [-0.3, -0.25) is 0 Å². The van der Waals surface area contributed by atoms with Crippen molar-refractivity contribution in [3.63, 3.8) is 0 Å². The van der Waals surface area contributed by atoms with Crippen LogP contribution in [0.5, 0.6) is 0 Å². The van der Waals surface area contributed by atoms with E-state index in [1.54, 1.807) is 0 Å². The van der Waals surface area contributed by atoms with Crippen molar-refractivity contribution in [2.24, 2.45) is 0 Å². The van der Waals surface area contributed by atoms with Crippen LogP contribution >= 0.6 is 0 Å². The van der Waals surface area contributed by atoms with E-state index < -0.39 is 0 Å². The van der Waals surface area contributed by atoms with Crippen molar-refractivity contribution in [2.45, 2.75) is 9.79 Å². The molecular formula is C26H16N2O2S2Zn. The Kier molecular flexibility index (Phi) is 7.14. The second-order valence-electron chi connectivity index (χ2n) is 6.97. The van der Waals surface area contributed by atoms with E-state index in [0.717, 1.165) is 43.1 Å². The van der Waals surface area contributed by atoms with Crippen LogP contribution in [0.4, 0.5) is 0 Å². The Labute approximate surface area is 214 Å². The Balaban J connectivity index is 0.000000152. The molecule has 0 spiro atoms. The van der Waals surface area contributed by atoms with Gasteiger partial charge in [-0.2, -0.15) is 9.79 Å². The summed E-state index contributed by atoms with van der Waals surface area (Å²) in [7, 11) is 0. The van der Waals surface area contributed by atoms with Crippen molar-refractivity contribution in [3.05, 3.63) is 97.1 Å². The van der Waals surface area contributed by atoms with Gasteiger partial charge in [-0.05, 0) is 24.3 Å². The third kappa shape index (κ3) is 4.96. The van der Waals surface area contributed by atoms with Crippen LogP contribution in [-0.2, 0) is 44.7 Å². The van der Waals surface area contributed by atoms with E-state index in [9.17, 15) is 0 Å². The van der Waals surface area contributed by atoms with E-state index in [1.165, 1.54) is 0 Å². The maximum atomic E-state index is 5.66. The van der Waals surface area contributed by atoms with Gasteiger partial charge in [-0.25, -0.2) is 9.97 Å². The fourth-order valence-corrected chi connectivity index (χ4v) is 3.73. The first-order valence-electron chi connectivity index (χ1n) is 9.93. The molecule has 0 aliphatic heterocycles. The molecule has 6 rings (SSSR count). The molecule has 0 aliphatic rings. The van der Waals surface area contributed by atoms with Gasteiger partial charge in [0, 0.05) is 11.1 Å². The zero-order valence-corrected chi connectivity index (χ0v) is 22.1. The molecule has 0 N–H and O–H groups in total. The molecule has 4 aromatic carbocycles. The molecule has 0 bridgehead atoms. The Morgan fingerprint density at radius 3 is 1.24 bits per heavy atom. The van der Waals surface area contributed by atoms with E-state index in [1.807, 2.05) is 97.1 Å². The summed E-state index contributed by atoms with van der Waals surface area (Å²) in [4.78, 5) is 10.3. The van der Waals surface area contributed by atoms with E-state index in [2.05, 4.69) is 9.97 Å². The number of oxazole rings is 2. The fraction of sp³-hybridized carbons (Fsp3) is 0. The van der Waals surface area contributed by atoms with Crippen molar-refractivity contribution >= 4 is 47.5 Å². The number of hydrogen-bond acceptors (Lipinski definition) is 6. The van der Waals surface area contributed by atoms with Gasteiger partial charge in [0.25, 0.3) is 0 Å². The molecule has 4 nitrogen and oxygen atoms in total. The SMILES string of the molecule is [S-]c1ccccc1-c1nc2ccccc2o1.[S-]c1ccccc1-c1nc2ccccc2o1.[Zn+2]. The molecule has 0 amide bonds. The standard InChI is InChI=1S/2C13H9NOS.Zn/c2*16-12-8-4-1-5-9(12)13-14-10-6-2-3-7-11(10)15-13;/h2*1-8,16H;/q;;+2/p-2. The minimum atomic E-state index is 0. The fourth-order valence-electron chi connectivity index (χ4n) is 3.26. The van der Waals surface area contributed by atoms with E-state index >= 15 is 0 Å². The maximum Gasteiger partial charge on any atom is 2.00 e. The normalized spacial score (nSPS) is 10.4. The summed E-state index contributed by atoms with van der Waals surface area (Å²) in [6, 6.07) is 30.7. The van der Waals surface area contributed by atoms with Crippen LogP contribution in [0.2, 0.25) is 0 Å². The number of hydrogen-bond donors (Lipinski definition) is 0. The Hall–Kier alpha value is -3.12. The first-order valence-corrected chi connectivity index (χ1v) is 10.7. The molecule has 0 saturated heterocycles. The molecule has 0 unspecified atom stereocenters. The second-order valence-corrected chi connectivity index (χ2v) is 7.85. The molecule has 0 saturated carbocycles. The molecule has 6 aromatic rings. The van der Waals surface area contributed by atoms with Gasteiger partial charge in [-0.1, -0.05) is 72.8 Å². The first-order chi connectivity index (χ1) is 15.7. The molecule has 2 heterocycles. The summed E-state index contributed by atoms with van der Waals surface area (Å²) in [6.07, 6.45) is 0. The first kappa shape index (κ1) is 23.1. The van der Waals surface area contributed by atoms with Gasteiger partial charge in [0.2, 0.25) is 11.8 Å². The van der Waals surface area contributed by atoms with Gasteiger partial charge < -0.3 is 34.1 Å². The van der Waals surface area contributed by atoms with Gasteiger partial charge in [0.05, 0.1) is 0 Å². The summed E-state index contributed by atoms with van der Waals surface area (Å²) in [5.74, 6) is 1.18. The quantitative estimate of drug-likeness (QED) is 0.186. The predicted octanol–water partition coefficient (Wildman–Crippen LogP) is 6.80. The van der Waals surface area contributed by atoms with Crippen LogP contribution in [0.1, 0.15) is 0 Å². The van der Waals surface area contributed by atoms with Crippen LogP contribution in [0.3, 0.4) is 0 Å². The number of aromatic nitrogens is 2. The summed E-state index contributed by atoms with van der Waals surface area (Å²) in [5, 5.41) is 0. The Morgan fingerprint density at radius 1 is 0.485 bits per heavy atom. The molecule has 0 aliphatic carbocycles. The number of fused-ring (bicyclic) bond motifs is 2. The molecule has 0 fully saturated rings. The van der Waals surface area contributed by atoms with E-state index in [-0.39, 0.29) is 19.5 Å². The van der Waals surface area contributed by atoms with E-state index in [0.29, 0.717) is 11.8 Å². The zero-order valence-electron chi connectivity index (χ0n) is 17.5. The van der Waals surface area contributed by atoms with Gasteiger partial charge in [0.1, 0.15) is 11.0 Å². The molecule has 33 heavy (non-hydrogen) atoms. The smallest absolute Gasteiger partial charge is 0.779 e. The maximum absolute atomic E-state index is 5.66. The van der Waals surface area contributed by atoms with Crippen LogP contribution in [0.25, 0.3) is 45.1 Å². The molecule has 0 atom stereocenters. The molecule has 0 radical (unpaired) electrons. The van der Waals surface area contributed by atoms with Crippen molar-refractivity contribution < 1.29 is 28.3 Å². The number of nitrogens with zero attached hydrogens (tertiary/aromatic N) is 2. The predicted molar refractivity (Wildman–Crippen MR) is 130 cm³/mol. The van der Waals surface area contributed by atoms with Crippen LogP contribution in [-0.4, -0.2) is 9.97 Å². The van der Waals surface area contributed by atoms with Crippen molar-refractivity contribution in [2.75, 3.05) is 0 Å². The van der Waals surface area contributed by atoms with Gasteiger partial charge >= 0.3 is 19.5 Å². The molecule has 156 valence electrons. The van der Waals surface area contributed by atoms with Crippen molar-refractivity contribution in [1.29, 1.82) is 0 Å². The van der Waals surface area contributed by atoms with Crippen LogP contribution < -0.4 is 0 Å². The third-order valence-electron chi connectivity index (χ3n) is 4.82. The van der Waals surface area contributed by atoms with Crippen molar-refractivity contribution in [3.8, 4) is 22.9 Å². The second kappa shape index (κ2) is 10.2. The molecular weight excluding hydrogens is 502 g/mol. The zero-order chi connectivity index (χ0) is 21.9. The Morgan fingerprint density at radius 2 is 0.848 bits per heavy atom. The number of rotatable bonds is 2. The third-order valence-corrected chi connectivity index (χ3v) is 5.53. The number of benzene rings is 4. The summed E-state index contributed by atoms with van der Waals surface area (Å²) >= 11 is 10.5. The largest absolute Gasteiger partial charge is 2.00 e. The van der Waals surface area contributed by atoms with E-state index in [4.69, 9.17) is 34.1 Å². The number of para-hydroxylation sites is 4. The Bertz CT molecular complexity index is 1350. The van der Waals surface area contributed by atoms with Crippen LogP contribution in [0.15, 0.2) is 116 Å². The minimum absolute atomic E-state index is 0. The summed E-state index contributed by atoms with van der Waals surface area (Å²) in [5.41, 5.74) is 5.03. The molecule has 7 heteroatoms. The topological polar surface area (TPSA) is 52.1 Å². The minimum Gasteiger partial charge on any atom is -0.779 e. The molecule has 2 aromatic heterocycles. The van der Waals surface area contributed by atoms with Crippen LogP contribution in [0, 0.1) is 0 Å².